The molecule has 0 aliphatic heterocycles. The van der Waals surface area contributed by atoms with E-state index in [1.165, 1.54) is 0 Å². The highest BCUT2D eigenvalue weighted by atomic mass is 127. The number of anilines is 2. The standard InChI is InChI=1S/C10H14IN3O/c1-6(10(15)13-2)14-9-4-3-7(11)5-8(9)12/h3-6,14H,12H2,1-2H3,(H,13,15). The summed E-state index contributed by atoms with van der Waals surface area (Å²) in [5.41, 5.74) is 7.25. The van der Waals surface area contributed by atoms with Gasteiger partial charge in [0.2, 0.25) is 5.91 Å². The Hall–Kier alpha value is -0.980. The van der Waals surface area contributed by atoms with Crippen LogP contribution in [0.5, 0.6) is 0 Å². The zero-order chi connectivity index (χ0) is 11.4. The second-order valence-electron chi connectivity index (χ2n) is 3.21. The van der Waals surface area contributed by atoms with E-state index < -0.39 is 0 Å². The summed E-state index contributed by atoms with van der Waals surface area (Å²) in [6, 6.07) is 5.38. The monoisotopic (exact) mass is 319 g/mol. The number of halogens is 1. The summed E-state index contributed by atoms with van der Waals surface area (Å²) < 4.78 is 1.07. The SMILES string of the molecule is CNC(=O)C(C)Nc1ccc(I)cc1N. The normalized spacial score (nSPS) is 11.9. The molecule has 0 saturated carbocycles. The van der Waals surface area contributed by atoms with Crippen LogP contribution < -0.4 is 16.4 Å². The minimum absolute atomic E-state index is 0.0621. The lowest BCUT2D eigenvalue weighted by Gasteiger charge is -2.15. The molecule has 5 heteroatoms. The Morgan fingerprint density at radius 2 is 2.20 bits per heavy atom. The molecule has 15 heavy (non-hydrogen) atoms. The fourth-order valence-electron chi connectivity index (χ4n) is 1.18. The lowest BCUT2D eigenvalue weighted by Crippen LogP contribution is -2.35. The minimum atomic E-state index is -0.294. The van der Waals surface area contributed by atoms with Crippen molar-refractivity contribution in [3.05, 3.63) is 21.8 Å². The second-order valence-corrected chi connectivity index (χ2v) is 4.46. The fraction of sp³-hybridized carbons (Fsp3) is 0.300. The number of likely N-dealkylation sites (N-methyl/N-ethyl adjacent to an activating group) is 1. The second kappa shape index (κ2) is 5.20. The third-order valence-electron chi connectivity index (χ3n) is 2.03. The first-order valence-electron chi connectivity index (χ1n) is 4.57. The first-order valence-corrected chi connectivity index (χ1v) is 5.65. The van der Waals surface area contributed by atoms with Crippen molar-refractivity contribution in [3.63, 3.8) is 0 Å². The molecule has 0 fully saturated rings. The highest BCUT2D eigenvalue weighted by Crippen LogP contribution is 2.21. The molecular formula is C10H14IN3O. The molecule has 0 aliphatic rings. The van der Waals surface area contributed by atoms with Gasteiger partial charge in [0.25, 0.3) is 0 Å². The molecule has 82 valence electrons. The van der Waals surface area contributed by atoms with Gasteiger partial charge in [0.15, 0.2) is 0 Å². The third-order valence-corrected chi connectivity index (χ3v) is 2.70. The van der Waals surface area contributed by atoms with Gasteiger partial charge in [0.1, 0.15) is 6.04 Å². The number of nitrogen functional groups attached to an aromatic ring is 1. The maximum Gasteiger partial charge on any atom is 0.241 e. The van der Waals surface area contributed by atoms with Crippen LogP contribution in [0.4, 0.5) is 11.4 Å². The number of hydrogen-bond donors (Lipinski definition) is 3. The quantitative estimate of drug-likeness (QED) is 0.583. The van der Waals surface area contributed by atoms with Gasteiger partial charge in [-0.05, 0) is 47.7 Å². The number of nitrogens with two attached hydrogens (primary N) is 1. The van der Waals surface area contributed by atoms with Gasteiger partial charge in [0, 0.05) is 10.6 Å². The Morgan fingerprint density at radius 1 is 1.53 bits per heavy atom. The van der Waals surface area contributed by atoms with E-state index in [1.807, 2.05) is 18.2 Å². The smallest absolute Gasteiger partial charge is 0.241 e. The lowest BCUT2D eigenvalue weighted by molar-refractivity contribution is -0.121. The van der Waals surface area contributed by atoms with Crippen molar-refractivity contribution < 1.29 is 4.79 Å². The Kier molecular flexibility index (Phi) is 4.19. The molecule has 1 unspecified atom stereocenters. The average Bonchev–Trinajstić information content (AvgIpc) is 2.20. The maximum atomic E-state index is 11.3. The fourth-order valence-corrected chi connectivity index (χ4v) is 1.70. The number of carbonyl (C=O) groups excluding carboxylic acids is 1. The van der Waals surface area contributed by atoms with Gasteiger partial charge in [-0.15, -0.1) is 0 Å². The topological polar surface area (TPSA) is 67.2 Å². The average molecular weight is 319 g/mol. The zero-order valence-electron chi connectivity index (χ0n) is 8.67. The molecule has 0 bridgehead atoms. The summed E-state index contributed by atoms with van der Waals surface area (Å²) in [6.07, 6.45) is 0. The van der Waals surface area contributed by atoms with Gasteiger partial charge in [-0.25, -0.2) is 0 Å². The summed E-state index contributed by atoms with van der Waals surface area (Å²) in [4.78, 5) is 11.3. The molecule has 4 nitrogen and oxygen atoms in total. The maximum absolute atomic E-state index is 11.3. The van der Waals surface area contributed by atoms with Crippen molar-refractivity contribution in [1.29, 1.82) is 0 Å². The first-order chi connectivity index (χ1) is 7.04. The molecule has 1 aromatic rings. The van der Waals surface area contributed by atoms with Crippen LogP contribution in [0.25, 0.3) is 0 Å². The summed E-state index contributed by atoms with van der Waals surface area (Å²) in [6.45, 7) is 1.79. The van der Waals surface area contributed by atoms with E-state index >= 15 is 0 Å². The Bertz CT molecular complexity index is 368. The van der Waals surface area contributed by atoms with Gasteiger partial charge in [-0.1, -0.05) is 0 Å². The van der Waals surface area contributed by atoms with Crippen molar-refractivity contribution in [1.82, 2.24) is 5.32 Å². The van der Waals surface area contributed by atoms with Crippen LogP contribution >= 0.6 is 22.6 Å². The third kappa shape index (κ3) is 3.26. The summed E-state index contributed by atoms with van der Waals surface area (Å²) >= 11 is 2.19. The molecule has 1 aromatic carbocycles. The molecule has 0 aromatic heterocycles. The number of nitrogens with one attached hydrogen (secondary N) is 2. The van der Waals surface area contributed by atoms with E-state index in [2.05, 4.69) is 33.2 Å². The van der Waals surface area contributed by atoms with Gasteiger partial charge >= 0.3 is 0 Å². The van der Waals surface area contributed by atoms with Crippen LogP contribution in [-0.2, 0) is 4.79 Å². The molecule has 0 spiro atoms. The first kappa shape index (κ1) is 12.1. The largest absolute Gasteiger partial charge is 0.397 e. The van der Waals surface area contributed by atoms with E-state index in [4.69, 9.17) is 5.73 Å². The van der Waals surface area contributed by atoms with E-state index in [9.17, 15) is 4.79 Å². The molecule has 1 amide bonds. The van der Waals surface area contributed by atoms with E-state index in [0.29, 0.717) is 5.69 Å². The zero-order valence-corrected chi connectivity index (χ0v) is 10.8. The van der Waals surface area contributed by atoms with Gasteiger partial charge in [0.05, 0.1) is 11.4 Å². The Balaban J connectivity index is 2.76. The van der Waals surface area contributed by atoms with Crippen LogP contribution in [0.1, 0.15) is 6.92 Å². The minimum Gasteiger partial charge on any atom is -0.397 e. The highest BCUT2D eigenvalue weighted by molar-refractivity contribution is 14.1. The van der Waals surface area contributed by atoms with Crippen LogP contribution in [0, 0.1) is 3.57 Å². The highest BCUT2D eigenvalue weighted by Gasteiger charge is 2.11. The van der Waals surface area contributed by atoms with E-state index in [-0.39, 0.29) is 11.9 Å². The predicted octanol–water partition coefficient (Wildman–Crippen LogP) is 1.42. The van der Waals surface area contributed by atoms with Gasteiger partial charge in [-0.3, -0.25) is 4.79 Å². The number of amides is 1. The number of rotatable bonds is 3. The van der Waals surface area contributed by atoms with Crippen LogP contribution in [-0.4, -0.2) is 19.0 Å². The number of carbonyl (C=O) groups is 1. The molecular weight excluding hydrogens is 305 g/mol. The Morgan fingerprint density at radius 3 is 2.73 bits per heavy atom. The van der Waals surface area contributed by atoms with Crippen molar-refractivity contribution in [3.8, 4) is 0 Å². The molecule has 1 atom stereocenters. The van der Waals surface area contributed by atoms with Crippen LogP contribution in [0.3, 0.4) is 0 Å². The molecule has 0 aliphatic carbocycles. The molecule has 1 rings (SSSR count). The van der Waals surface area contributed by atoms with Crippen LogP contribution in [0.2, 0.25) is 0 Å². The lowest BCUT2D eigenvalue weighted by atomic mass is 10.2. The Labute approximate surface area is 103 Å². The van der Waals surface area contributed by atoms with Gasteiger partial charge < -0.3 is 16.4 Å². The number of benzene rings is 1. The van der Waals surface area contributed by atoms with Crippen molar-refractivity contribution >= 4 is 39.9 Å². The molecule has 0 heterocycles. The van der Waals surface area contributed by atoms with E-state index in [1.54, 1.807) is 14.0 Å². The van der Waals surface area contributed by atoms with Crippen molar-refractivity contribution in [2.24, 2.45) is 0 Å². The van der Waals surface area contributed by atoms with E-state index in [0.717, 1.165) is 9.26 Å². The van der Waals surface area contributed by atoms with Crippen molar-refractivity contribution in [2.75, 3.05) is 18.1 Å². The molecule has 4 N–H and O–H groups in total. The summed E-state index contributed by atoms with van der Waals surface area (Å²) in [5.74, 6) is -0.0621. The summed E-state index contributed by atoms with van der Waals surface area (Å²) in [7, 11) is 1.61. The van der Waals surface area contributed by atoms with Crippen LogP contribution in [0.15, 0.2) is 18.2 Å². The molecule has 0 radical (unpaired) electrons. The molecule has 0 saturated heterocycles. The number of hydrogen-bond acceptors (Lipinski definition) is 3. The van der Waals surface area contributed by atoms with Gasteiger partial charge in [-0.2, -0.15) is 0 Å². The predicted molar refractivity (Wildman–Crippen MR) is 70.7 cm³/mol. The van der Waals surface area contributed by atoms with Crippen molar-refractivity contribution in [2.45, 2.75) is 13.0 Å². The summed E-state index contributed by atoms with van der Waals surface area (Å²) in [5, 5.41) is 5.62.